The van der Waals surface area contributed by atoms with Crippen molar-refractivity contribution >= 4 is 17.3 Å². The fourth-order valence-electron chi connectivity index (χ4n) is 2.19. The number of fused-ring (bicyclic) bond motifs is 1. The lowest BCUT2D eigenvalue weighted by Gasteiger charge is -2.18. The molecule has 1 amide bonds. The average Bonchev–Trinajstić information content (AvgIpc) is 2.46. The minimum Gasteiger partial charge on any atom is -0.485 e. The number of carbonyl (C=O) groups is 1. The zero-order chi connectivity index (χ0) is 15.2. The van der Waals surface area contributed by atoms with Crippen LogP contribution in [-0.4, -0.2) is 30.5 Å². The monoisotopic (exact) mass is 293 g/mol. The molecule has 0 aromatic heterocycles. The highest BCUT2D eigenvalue weighted by molar-refractivity contribution is 5.94. The summed E-state index contributed by atoms with van der Waals surface area (Å²) < 4.78 is 5.52. The minimum absolute atomic E-state index is 0.116. The summed E-state index contributed by atoms with van der Waals surface area (Å²) in [4.78, 5) is 22.0. The third-order valence-corrected chi connectivity index (χ3v) is 3.24. The van der Waals surface area contributed by atoms with Gasteiger partial charge in [-0.3, -0.25) is 14.9 Å². The predicted molar refractivity (Wildman–Crippen MR) is 78.7 cm³/mol. The molecule has 0 bridgehead atoms. The number of nitrogens with zero attached hydrogens (tertiary/aromatic N) is 1. The number of amides is 1. The first-order valence-corrected chi connectivity index (χ1v) is 7.06. The number of nitrogens with one attached hydrogen (secondary N) is 2. The number of carbonyl (C=O) groups excluding carboxylic acids is 1. The molecule has 0 fully saturated rings. The van der Waals surface area contributed by atoms with Crippen molar-refractivity contribution in [3.8, 4) is 5.75 Å². The lowest BCUT2D eigenvalue weighted by molar-refractivity contribution is -0.385. The average molecular weight is 293 g/mol. The summed E-state index contributed by atoms with van der Waals surface area (Å²) in [5.41, 5.74) is 1.26. The molecule has 21 heavy (non-hydrogen) atoms. The lowest BCUT2D eigenvalue weighted by atomic mass is 10.0. The van der Waals surface area contributed by atoms with E-state index in [4.69, 9.17) is 4.74 Å². The van der Waals surface area contributed by atoms with Crippen LogP contribution in [0.25, 0.3) is 0 Å². The second-order valence-electron chi connectivity index (χ2n) is 4.88. The molecule has 7 nitrogen and oxygen atoms in total. The molecule has 1 aromatic rings. The Kier molecular flexibility index (Phi) is 5.10. The molecule has 0 saturated heterocycles. The number of nitro benzene ring substituents is 1. The van der Waals surface area contributed by atoms with E-state index in [0.717, 1.165) is 18.5 Å². The first-order chi connectivity index (χ1) is 10.1. The topological polar surface area (TPSA) is 93.5 Å². The van der Waals surface area contributed by atoms with E-state index in [-0.39, 0.29) is 17.3 Å². The quantitative estimate of drug-likeness (QED) is 0.454. The van der Waals surface area contributed by atoms with Gasteiger partial charge in [0.15, 0.2) is 5.75 Å². The maximum atomic E-state index is 11.3. The summed E-state index contributed by atoms with van der Waals surface area (Å²) in [5, 5.41) is 16.9. The Morgan fingerprint density at radius 1 is 1.38 bits per heavy atom. The molecule has 0 unspecified atom stereocenters. The van der Waals surface area contributed by atoms with Gasteiger partial charge in [-0.1, -0.05) is 6.92 Å². The zero-order valence-electron chi connectivity index (χ0n) is 12.0. The van der Waals surface area contributed by atoms with Crippen molar-refractivity contribution < 1.29 is 14.5 Å². The van der Waals surface area contributed by atoms with Gasteiger partial charge in [0.2, 0.25) is 5.91 Å². The van der Waals surface area contributed by atoms with Crippen molar-refractivity contribution in [1.82, 2.24) is 5.32 Å². The van der Waals surface area contributed by atoms with Gasteiger partial charge in [0, 0.05) is 19.0 Å². The molecule has 1 heterocycles. The largest absolute Gasteiger partial charge is 0.485 e. The summed E-state index contributed by atoms with van der Waals surface area (Å²) in [6.07, 6.45) is 1.99. The summed E-state index contributed by atoms with van der Waals surface area (Å²) in [6, 6.07) is 3.04. The molecule has 0 spiro atoms. The molecule has 0 radical (unpaired) electrons. The molecule has 2 N–H and O–H groups in total. The van der Waals surface area contributed by atoms with Gasteiger partial charge in [-0.05, 0) is 31.0 Å². The summed E-state index contributed by atoms with van der Waals surface area (Å²) in [5.74, 6) is 0.141. The normalized spacial score (nSPS) is 13.5. The van der Waals surface area contributed by atoms with Crippen LogP contribution in [0.2, 0.25) is 0 Å². The summed E-state index contributed by atoms with van der Waals surface area (Å²) in [7, 11) is 0. The first kappa shape index (κ1) is 15.2. The number of nitro groups is 1. The molecule has 0 aliphatic carbocycles. The minimum atomic E-state index is -0.490. The van der Waals surface area contributed by atoms with Crippen LogP contribution in [0.1, 0.15) is 25.3 Å². The highest BCUT2D eigenvalue weighted by Gasteiger charge is 2.23. The Labute approximate surface area is 122 Å². The van der Waals surface area contributed by atoms with E-state index in [0.29, 0.717) is 31.7 Å². The van der Waals surface area contributed by atoms with Crippen molar-refractivity contribution in [2.75, 3.05) is 25.0 Å². The Bertz CT molecular complexity index is 545. The first-order valence-electron chi connectivity index (χ1n) is 7.06. The molecule has 114 valence electrons. The zero-order valence-corrected chi connectivity index (χ0v) is 12.0. The number of aryl methyl sites for hydroxylation is 1. The summed E-state index contributed by atoms with van der Waals surface area (Å²) in [6.45, 7) is 3.96. The van der Waals surface area contributed by atoms with Gasteiger partial charge in [-0.15, -0.1) is 0 Å². The molecule has 7 heteroatoms. The lowest BCUT2D eigenvalue weighted by Crippen LogP contribution is -2.22. The van der Waals surface area contributed by atoms with E-state index >= 15 is 0 Å². The van der Waals surface area contributed by atoms with Gasteiger partial charge in [-0.25, -0.2) is 0 Å². The molecular weight excluding hydrogens is 274 g/mol. The van der Waals surface area contributed by atoms with Gasteiger partial charge in [0.05, 0.1) is 10.6 Å². The van der Waals surface area contributed by atoms with Crippen LogP contribution in [0.3, 0.4) is 0 Å². The molecular formula is C14H19N3O4. The number of ether oxygens (including phenoxy) is 1. The predicted octanol–water partition coefficient (Wildman–Crippen LogP) is 1.86. The third kappa shape index (κ3) is 3.91. The van der Waals surface area contributed by atoms with E-state index in [9.17, 15) is 14.9 Å². The Balaban J connectivity index is 2.12. The standard InChI is InChI=1S/C14H19N3O4/c1-2-5-15-6-7-21-13-8-10-3-4-14(18)16-11(10)9-12(13)17(19)20/h8-9,15H,2-7H2,1H3,(H,16,18). The van der Waals surface area contributed by atoms with Gasteiger partial charge in [0.1, 0.15) is 6.61 Å². The number of hydrogen-bond donors (Lipinski definition) is 2. The molecule has 2 rings (SSSR count). The van der Waals surface area contributed by atoms with Crippen LogP contribution < -0.4 is 15.4 Å². The van der Waals surface area contributed by atoms with E-state index in [1.807, 2.05) is 0 Å². The molecule has 1 aliphatic heterocycles. The van der Waals surface area contributed by atoms with Crippen LogP contribution in [0.15, 0.2) is 12.1 Å². The van der Waals surface area contributed by atoms with Crippen molar-refractivity contribution in [2.24, 2.45) is 0 Å². The number of rotatable bonds is 7. The van der Waals surface area contributed by atoms with Gasteiger partial charge in [0.25, 0.3) is 0 Å². The van der Waals surface area contributed by atoms with Crippen molar-refractivity contribution in [3.63, 3.8) is 0 Å². The third-order valence-electron chi connectivity index (χ3n) is 3.24. The van der Waals surface area contributed by atoms with Crippen molar-refractivity contribution in [3.05, 3.63) is 27.8 Å². The maximum Gasteiger partial charge on any atom is 0.313 e. The molecule has 1 aromatic carbocycles. The van der Waals surface area contributed by atoms with Crippen molar-refractivity contribution in [2.45, 2.75) is 26.2 Å². The Morgan fingerprint density at radius 3 is 2.90 bits per heavy atom. The second-order valence-corrected chi connectivity index (χ2v) is 4.88. The van der Waals surface area contributed by atoms with Crippen molar-refractivity contribution in [1.29, 1.82) is 0 Å². The maximum absolute atomic E-state index is 11.3. The number of anilines is 1. The smallest absolute Gasteiger partial charge is 0.313 e. The Hall–Kier alpha value is -2.15. The van der Waals surface area contributed by atoms with Crippen LogP contribution in [0, 0.1) is 10.1 Å². The second kappa shape index (κ2) is 7.03. The van der Waals surface area contributed by atoms with Crippen LogP contribution in [0.4, 0.5) is 11.4 Å². The SMILES string of the molecule is CCCNCCOc1cc2c(cc1[N+](=O)[O-])NC(=O)CC2. The highest BCUT2D eigenvalue weighted by Crippen LogP contribution is 2.35. The van der Waals surface area contributed by atoms with E-state index in [1.54, 1.807) is 6.07 Å². The molecule has 1 aliphatic rings. The fourth-order valence-corrected chi connectivity index (χ4v) is 2.19. The fraction of sp³-hybridized carbons (Fsp3) is 0.500. The van der Waals surface area contributed by atoms with Gasteiger partial charge in [-0.2, -0.15) is 0 Å². The van der Waals surface area contributed by atoms with E-state index < -0.39 is 4.92 Å². The van der Waals surface area contributed by atoms with Gasteiger partial charge >= 0.3 is 5.69 Å². The van der Waals surface area contributed by atoms with Crippen LogP contribution >= 0.6 is 0 Å². The number of hydrogen-bond acceptors (Lipinski definition) is 5. The highest BCUT2D eigenvalue weighted by atomic mass is 16.6. The van der Waals surface area contributed by atoms with Crippen LogP contribution in [-0.2, 0) is 11.2 Å². The van der Waals surface area contributed by atoms with E-state index in [2.05, 4.69) is 17.6 Å². The summed E-state index contributed by atoms with van der Waals surface area (Å²) >= 11 is 0. The van der Waals surface area contributed by atoms with Crippen LogP contribution in [0.5, 0.6) is 5.75 Å². The molecule has 0 saturated carbocycles. The Morgan fingerprint density at radius 2 is 2.19 bits per heavy atom. The molecule has 0 atom stereocenters. The van der Waals surface area contributed by atoms with Gasteiger partial charge < -0.3 is 15.4 Å². The van der Waals surface area contributed by atoms with E-state index in [1.165, 1.54) is 6.07 Å². The number of benzene rings is 1.